The molecule has 0 radical (unpaired) electrons. The molecule has 2 rings (SSSR count). The summed E-state index contributed by atoms with van der Waals surface area (Å²) in [5.41, 5.74) is 0.872. The van der Waals surface area contributed by atoms with Crippen LogP contribution in [0.25, 0.3) is 0 Å². The second-order valence-electron chi connectivity index (χ2n) is 4.05. The number of halogens is 1. The summed E-state index contributed by atoms with van der Waals surface area (Å²) in [6.45, 7) is 1.69. The van der Waals surface area contributed by atoms with E-state index in [1.807, 2.05) is 0 Å². The third-order valence-corrected chi connectivity index (χ3v) is 2.98. The van der Waals surface area contributed by atoms with Crippen LogP contribution in [0.5, 0.6) is 0 Å². The minimum Gasteiger partial charge on any atom is -0.481 e. The monoisotopic (exact) mass is 237 g/mol. The van der Waals surface area contributed by atoms with E-state index in [1.54, 1.807) is 0 Å². The molecule has 0 bridgehead atoms. The van der Waals surface area contributed by atoms with E-state index in [-0.39, 0.29) is 5.91 Å². The Bertz CT molecular complexity index is 487. The molecule has 17 heavy (non-hydrogen) atoms. The maximum atomic E-state index is 13.2. The highest BCUT2D eigenvalue weighted by atomic mass is 19.1. The summed E-state index contributed by atoms with van der Waals surface area (Å²) in [5, 5.41) is 9.08. The van der Waals surface area contributed by atoms with Crippen LogP contribution >= 0.6 is 0 Å². The fraction of sp³-hybridized carbons (Fsp3) is 0.333. The number of benzene rings is 1. The van der Waals surface area contributed by atoms with Gasteiger partial charge in [-0.1, -0.05) is 6.07 Å². The van der Waals surface area contributed by atoms with E-state index in [1.165, 1.54) is 30.0 Å². The highest BCUT2D eigenvalue weighted by molar-refractivity contribution is 5.94. The molecule has 1 heterocycles. The Morgan fingerprint density at radius 2 is 2.18 bits per heavy atom. The van der Waals surface area contributed by atoms with Gasteiger partial charge in [-0.25, -0.2) is 4.39 Å². The molecule has 1 unspecified atom stereocenters. The van der Waals surface area contributed by atoms with Crippen LogP contribution in [0.3, 0.4) is 0 Å². The van der Waals surface area contributed by atoms with Crippen molar-refractivity contribution in [3.05, 3.63) is 29.6 Å². The van der Waals surface area contributed by atoms with Gasteiger partial charge in [0.25, 0.3) is 0 Å². The van der Waals surface area contributed by atoms with Crippen molar-refractivity contribution < 1.29 is 19.1 Å². The van der Waals surface area contributed by atoms with Crippen LogP contribution in [0.2, 0.25) is 0 Å². The lowest BCUT2D eigenvalue weighted by atomic mass is 9.90. The number of fused-ring (bicyclic) bond motifs is 1. The molecular weight excluding hydrogens is 225 g/mol. The maximum absolute atomic E-state index is 13.2. The molecule has 0 saturated carbocycles. The Kier molecular flexibility index (Phi) is 2.83. The van der Waals surface area contributed by atoms with Crippen molar-refractivity contribution in [3.63, 3.8) is 0 Å². The zero-order chi connectivity index (χ0) is 12.6. The van der Waals surface area contributed by atoms with Gasteiger partial charge in [-0.3, -0.25) is 9.59 Å². The van der Waals surface area contributed by atoms with Crippen molar-refractivity contribution in [3.8, 4) is 0 Å². The van der Waals surface area contributed by atoms with E-state index < -0.39 is 17.7 Å². The summed E-state index contributed by atoms with van der Waals surface area (Å²) in [7, 11) is 0. The molecule has 1 aromatic rings. The van der Waals surface area contributed by atoms with Crippen molar-refractivity contribution in [1.29, 1.82) is 0 Å². The second-order valence-corrected chi connectivity index (χ2v) is 4.05. The van der Waals surface area contributed by atoms with E-state index >= 15 is 0 Å². The van der Waals surface area contributed by atoms with Crippen molar-refractivity contribution in [2.45, 2.75) is 19.3 Å². The van der Waals surface area contributed by atoms with Gasteiger partial charge in [0.15, 0.2) is 0 Å². The highest BCUT2D eigenvalue weighted by Crippen LogP contribution is 2.35. The van der Waals surface area contributed by atoms with Gasteiger partial charge in [0.2, 0.25) is 5.91 Å². The van der Waals surface area contributed by atoms with Crippen LogP contribution < -0.4 is 4.90 Å². The Balaban J connectivity index is 2.53. The Hall–Kier alpha value is -1.91. The first-order valence-corrected chi connectivity index (χ1v) is 5.31. The van der Waals surface area contributed by atoms with Crippen LogP contribution in [0.1, 0.15) is 24.8 Å². The average Bonchev–Trinajstić information content (AvgIpc) is 2.26. The molecule has 1 aliphatic rings. The van der Waals surface area contributed by atoms with Gasteiger partial charge in [-0.05, 0) is 24.1 Å². The molecule has 1 amide bonds. The number of amides is 1. The van der Waals surface area contributed by atoms with Crippen molar-refractivity contribution >= 4 is 17.6 Å². The average molecular weight is 237 g/mol. The lowest BCUT2D eigenvalue weighted by molar-refractivity contribution is -0.139. The minimum absolute atomic E-state index is 0.208. The van der Waals surface area contributed by atoms with E-state index in [9.17, 15) is 14.0 Å². The molecule has 1 aliphatic heterocycles. The lowest BCUT2D eigenvalue weighted by Crippen LogP contribution is -2.36. The third kappa shape index (κ3) is 2.00. The van der Waals surface area contributed by atoms with Crippen LogP contribution in [0, 0.1) is 5.82 Å². The summed E-state index contributed by atoms with van der Waals surface area (Å²) in [4.78, 5) is 23.9. The topological polar surface area (TPSA) is 57.6 Å². The number of carboxylic acid groups (broad SMARTS) is 1. The Morgan fingerprint density at radius 3 is 2.76 bits per heavy atom. The molecule has 0 aliphatic carbocycles. The zero-order valence-corrected chi connectivity index (χ0v) is 9.31. The standard InChI is InChI=1S/C12H12FNO3/c1-7(15)14-5-4-10(12(16)17)9-3-2-8(13)6-11(9)14/h2-3,6,10H,4-5H2,1H3,(H,16,17). The second kappa shape index (κ2) is 4.16. The van der Waals surface area contributed by atoms with Gasteiger partial charge in [-0.15, -0.1) is 0 Å². The molecule has 1 aromatic carbocycles. The number of carbonyl (C=O) groups is 2. The molecule has 4 nitrogen and oxygen atoms in total. The number of aliphatic carboxylic acids is 1. The highest BCUT2D eigenvalue weighted by Gasteiger charge is 2.31. The predicted molar refractivity (Wildman–Crippen MR) is 59.4 cm³/mol. The van der Waals surface area contributed by atoms with E-state index in [0.29, 0.717) is 24.2 Å². The molecule has 90 valence electrons. The van der Waals surface area contributed by atoms with Gasteiger partial charge in [-0.2, -0.15) is 0 Å². The normalized spacial score (nSPS) is 18.7. The first kappa shape index (κ1) is 11.6. The van der Waals surface area contributed by atoms with E-state index in [2.05, 4.69) is 0 Å². The van der Waals surface area contributed by atoms with Crippen LogP contribution in [0.4, 0.5) is 10.1 Å². The van der Waals surface area contributed by atoms with Gasteiger partial charge in [0.05, 0.1) is 11.6 Å². The van der Waals surface area contributed by atoms with Crippen LogP contribution in [-0.4, -0.2) is 23.5 Å². The maximum Gasteiger partial charge on any atom is 0.311 e. The number of rotatable bonds is 1. The number of nitrogens with zero attached hydrogens (tertiary/aromatic N) is 1. The number of carboxylic acids is 1. The first-order chi connectivity index (χ1) is 8.00. The molecule has 1 N–H and O–H groups in total. The fourth-order valence-electron chi connectivity index (χ4n) is 2.16. The number of anilines is 1. The third-order valence-electron chi connectivity index (χ3n) is 2.98. The molecule has 5 heteroatoms. The lowest BCUT2D eigenvalue weighted by Gasteiger charge is -2.31. The fourth-order valence-corrected chi connectivity index (χ4v) is 2.16. The first-order valence-electron chi connectivity index (χ1n) is 5.31. The number of hydrogen-bond donors (Lipinski definition) is 1. The smallest absolute Gasteiger partial charge is 0.311 e. The molecule has 0 aromatic heterocycles. The largest absolute Gasteiger partial charge is 0.481 e. The quantitative estimate of drug-likeness (QED) is 0.809. The SMILES string of the molecule is CC(=O)N1CCC(C(=O)O)c2ccc(F)cc21. The number of hydrogen-bond acceptors (Lipinski definition) is 2. The summed E-state index contributed by atoms with van der Waals surface area (Å²) in [6.07, 6.45) is 0.355. The molecule has 0 saturated heterocycles. The molecule has 0 fully saturated rings. The molecular formula is C12H12FNO3. The summed E-state index contributed by atoms with van der Waals surface area (Å²) in [5.74, 6) is -2.29. The van der Waals surface area contributed by atoms with Crippen LogP contribution in [-0.2, 0) is 9.59 Å². The van der Waals surface area contributed by atoms with Crippen molar-refractivity contribution in [2.75, 3.05) is 11.4 Å². The number of carbonyl (C=O) groups excluding carboxylic acids is 1. The molecule has 1 atom stereocenters. The van der Waals surface area contributed by atoms with E-state index in [4.69, 9.17) is 5.11 Å². The van der Waals surface area contributed by atoms with Gasteiger partial charge >= 0.3 is 5.97 Å². The summed E-state index contributed by atoms with van der Waals surface area (Å²) >= 11 is 0. The Morgan fingerprint density at radius 1 is 1.47 bits per heavy atom. The van der Waals surface area contributed by atoms with Gasteiger partial charge < -0.3 is 10.0 Å². The zero-order valence-electron chi connectivity index (χ0n) is 9.31. The van der Waals surface area contributed by atoms with E-state index in [0.717, 1.165) is 0 Å². The predicted octanol–water partition coefficient (Wildman–Crippen LogP) is 1.75. The van der Waals surface area contributed by atoms with Gasteiger partial charge in [0, 0.05) is 13.5 Å². The van der Waals surface area contributed by atoms with Crippen molar-refractivity contribution in [2.24, 2.45) is 0 Å². The molecule has 0 spiro atoms. The van der Waals surface area contributed by atoms with Crippen molar-refractivity contribution in [1.82, 2.24) is 0 Å². The minimum atomic E-state index is -0.943. The van der Waals surface area contributed by atoms with Gasteiger partial charge in [0.1, 0.15) is 5.82 Å². The Labute approximate surface area is 97.7 Å². The summed E-state index contributed by atoms with van der Waals surface area (Å²) < 4.78 is 13.2. The summed E-state index contributed by atoms with van der Waals surface area (Å²) in [6, 6.07) is 3.88. The van der Waals surface area contributed by atoms with Crippen LogP contribution in [0.15, 0.2) is 18.2 Å².